The minimum atomic E-state index is 0.631. The van der Waals surface area contributed by atoms with Crippen molar-refractivity contribution in [1.82, 2.24) is 4.98 Å². The van der Waals surface area contributed by atoms with Crippen LogP contribution in [0.4, 0.5) is 5.13 Å². The number of nitrogen functional groups attached to an aromatic ring is 1. The number of nitrogens with zero attached hydrogens (tertiary/aromatic N) is 1. The van der Waals surface area contributed by atoms with E-state index in [0.717, 1.165) is 14.4 Å². The van der Waals surface area contributed by atoms with E-state index in [-0.39, 0.29) is 0 Å². The molecule has 2 N–H and O–H groups in total. The average Bonchev–Trinajstić information content (AvgIpc) is 2.62. The third-order valence-electron chi connectivity index (χ3n) is 1.77. The van der Waals surface area contributed by atoms with E-state index < -0.39 is 0 Å². The molecule has 0 unspecified atom stereocenters. The third kappa shape index (κ3) is 3.22. The molecular formula is C10H9BrN2S2. The first-order chi connectivity index (χ1) is 7.24. The van der Waals surface area contributed by atoms with Crippen LogP contribution < -0.4 is 5.73 Å². The van der Waals surface area contributed by atoms with Crippen molar-refractivity contribution in [2.24, 2.45) is 0 Å². The maximum absolute atomic E-state index is 5.56. The highest BCUT2D eigenvalue weighted by molar-refractivity contribution is 9.10. The summed E-state index contributed by atoms with van der Waals surface area (Å²) in [6.07, 6.45) is 1.82. The van der Waals surface area contributed by atoms with Gasteiger partial charge in [-0.3, -0.25) is 0 Å². The quantitative estimate of drug-likeness (QED) is 0.877. The van der Waals surface area contributed by atoms with Gasteiger partial charge in [-0.1, -0.05) is 39.4 Å². The Morgan fingerprint density at radius 1 is 1.47 bits per heavy atom. The number of hydrogen-bond acceptors (Lipinski definition) is 4. The lowest BCUT2D eigenvalue weighted by Crippen LogP contribution is -1.78. The predicted octanol–water partition coefficient (Wildman–Crippen LogP) is 3.78. The first-order valence-corrected chi connectivity index (χ1v) is 6.92. The van der Waals surface area contributed by atoms with E-state index in [2.05, 4.69) is 33.0 Å². The summed E-state index contributed by atoms with van der Waals surface area (Å²) in [5, 5.41) is 0.631. The van der Waals surface area contributed by atoms with Gasteiger partial charge in [-0.05, 0) is 17.7 Å². The van der Waals surface area contributed by atoms with Crippen LogP contribution in [0.2, 0.25) is 0 Å². The number of halogens is 1. The number of aromatic nitrogens is 1. The van der Waals surface area contributed by atoms with Gasteiger partial charge in [-0.2, -0.15) is 0 Å². The molecule has 0 bridgehead atoms. The van der Waals surface area contributed by atoms with Gasteiger partial charge in [-0.15, -0.1) is 11.8 Å². The summed E-state index contributed by atoms with van der Waals surface area (Å²) in [5.74, 6) is 0.946. The zero-order valence-corrected chi connectivity index (χ0v) is 11.0. The summed E-state index contributed by atoms with van der Waals surface area (Å²) in [5.41, 5.74) is 6.85. The molecule has 2 nitrogen and oxygen atoms in total. The van der Waals surface area contributed by atoms with Gasteiger partial charge in [0, 0.05) is 10.2 Å². The lowest BCUT2D eigenvalue weighted by atomic mass is 10.2. The van der Waals surface area contributed by atoms with Crippen LogP contribution in [0.5, 0.6) is 0 Å². The number of hydrogen-bond donors (Lipinski definition) is 1. The zero-order chi connectivity index (χ0) is 10.7. The minimum absolute atomic E-state index is 0.631. The van der Waals surface area contributed by atoms with Crippen molar-refractivity contribution in [3.8, 4) is 0 Å². The van der Waals surface area contributed by atoms with Crippen LogP contribution in [0, 0.1) is 0 Å². The van der Waals surface area contributed by atoms with Crippen molar-refractivity contribution in [3.05, 3.63) is 40.5 Å². The number of thiazole rings is 1. The Labute approximate surface area is 105 Å². The molecule has 2 aromatic rings. The fourth-order valence-corrected chi connectivity index (χ4v) is 3.27. The molecule has 0 fully saturated rings. The molecule has 78 valence electrons. The van der Waals surface area contributed by atoms with Crippen LogP contribution in [0.3, 0.4) is 0 Å². The molecular weight excluding hydrogens is 292 g/mol. The second-order valence-electron chi connectivity index (χ2n) is 2.94. The molecule has 0 radical (unpaired) electrons. The van der Waals surface area contributed by atoms with Gasteiger partial charge in [0.15, 0.2) is 5.13 Å². The molecule has 0 aliphatic rings. The smallest absolute Gasteiger partial charge is 0.181 e. The van der Waals surface area contributed by atoms with Gasteiger partial charge < -0.3 is 5.73 Å². The molecule has 1 heterocycles. The molecule has 0 atom stereocenters. The van der Waals surface area contributed by atoms with Crippen molar-refractivity contribution in [1.29, 1.82) is 0 Å². The number of rotatable bonds is 3. The largest absolute Gasteiger partial charge is 0.375 e. The first kappa shape index (κ1) is 11.0. The van der Waals surface area contributed by atoms with E-state index in [1.807, 2.05) is 18.3 Å². The van der Waals surface area contributed by atoms with Crippen LogP contribution in [0.15, 0.2) is 39.1 Å². The van der Waals surface area contributed by atoms with E-state index in [4.69, 9.17) is 5.73 Å². The first-order valence-electron chi connectivity index (χ1n) is 4.32. The topological polar surface area (TPSA) is 38.9 Å². The van der Waals surface area contributed by atoms with Gasteiger partial charge in [0.25, 0.3) is 0 Å². The van der Waals surface area contributed by atoms with E-state index in [0.29, 0.717) is 5.13 Å². The zero-order valence-electron chi connectivity index (χ0n) is 7.81. The molecule has 2 rings (SSSR count). The highest BCUT2D eigenvalue weighted by Crippen LogP contribution is 2.29. The molecule has 1 aromatic carbocycles. The van der Waals surface area contributed by atoms with E-state index in [9.17, 15) is 0 Å². The van der Waals surface area contributed by atoms with E-state index in [1.54, 1.807) is 11.8 Å². The lowest BCUT2D eigenvalue weighted by Gasteiger charge is -1.99. The van der Waals surface area contributed by atoms with Crippen LogP contribution in [0.25, 0.3) is 0 Å². The molecule has 15 heavy (non-hydrogen) atoms. The van der Waals surface area contributed by atoms with Crippen molar-refractivity contribution in [2.45, 2.75) is 9.96 Å². The van der Waals surface area contributed by atoms with Gasteiger partial charge in [-0.25, -0.2) is 4.98 Å². The van der Waals surface area contributed by atoms with Crippen LogP contribution in [-0.4, -0.2) is 4.98 Å². The van der Waals surface area contributed by atoms with Crippen molar-refractivity contribution in [3.63, 3.8) is 0 Å². The molecule has 0 saturated heterocycles. The van der Waals surface area contributed by atoms with E-state index >= 15 is 0 Å². The Morgan fingerprint density at radius 3 is 3.00 bits per heavy atom. The summed E-state index contributed by atoms with van der Waals surface area (Å²) >= 11 is 6.74. The molecule has 0 aliphatic carbocycles. The monoisotopic (exact) mass is 300 g/mol. The summed E-state index contributed by atoms with van der Waals surface area (Å²) in [7, 11) is 0. The Kier molecular flexibility index (Phi) is 3.66. The SMILES string of the molecule is Nc1ncc(SCc2cccc(Br)c2)s1. The molecule has 0 spiro atoms. The average molecular weight is 301 g/mol. The van der Waals surface area contributed by atoms with Gasteiger partial charge >= 0.3 is 0 Å². The van der Waals surface area contributed by atoms with Gasteiger partial charge in [0.05, 0.1) is 10.4 Å². The standard InChI is InChI=1S/C10H9BrN2S2/c11-8-3-1-2-7(4-8)6-14-9-5-13-10(12)15-9/h1-5H,6H2,(H2,12,13). The number of benzene rings is 1. The normalized spacial score (nSPS) is 10.5. The molecule has 0 saturated carbocycles. The summed E-state index contributed by atoms with van der Waals surface area (Å²) in [6.45, 7) is 0. The molecule has 0 amide bonds. The number of anilines is 1. The molecule has 1 aromatic heterocycles. The molecule has 5 heteroatoms. The summed E-state index contributed by atoms with van der Waals surface area (Å²) in [4.78, 5) is 4.01. The maximum Gasteiger partial charge on any atom is 0.181 e. The highest BCUT2D eigenvalue weighted by Gasteiger charge is 2.00. The second kappa shape index (κ2) is 5.01. The highest BCUT2D eigenvalue weighted by atomic mass is 79.9. The van der Waals surface area contributed by atoms with Crippen LogP contribution in [-0.2, 0) is 5.75 Å². The molecule has 0 aliphatic heterocycles. The summed E-state index contributed by atoms with van der Waals surface area (Å²) < 4.78 is 2.27. The van der Waals surface area contributed by atoms with Crippen molar-refractivity contribution >= 4 is 44.2 Å². The van der Waals surface area contributed by atoms with E-state index in [1.165, 1.54) is 16.9 Å². The Balaban J connectivity index is 1.99. The fourth-order valence-electron chi connectivity index (χ4n) is 1.12. The Hall–Kier alpha value is -0.520. The van der Waals surface area contributed by atoms with Gasteiger partial charge in [0.2, 0.25) is 0 Å². The third-order valence-corrected chi connectivity index (χ3v) is 4.36. The Morgan fingerprint density at radius 2 is 2.33 bits per heavy atom. The summed E-state index contributed by atoms with van der Waals surface area (Å²) in [6, 6.07) is 8.30. The number of nitrogens with two attached hydrogens (primary N) is 1. The van der Waals surface area contributed by atoms with Crippen molar-refractivity contribution in [2.75, 3.05) is 5.73 Å². The minimum Gasteiger partial charge on any atom is -0.375 e. The van der Waals surface area contributed by atoms with Gasteiger partial charge in [0.1, 0.15) is 0 Å². The number of thioether (sulfide) groups is 1. The van der Waals surface area contributed by atoms with Crippen LogP contribution in [0.1, 0.15) is 5.56 Å². The predicted molar refractivity (Wildman–Crippen MR) is 70.2 cm³/mol. The second-order valence-corrected chi connectivity index (χ2v) is 6.19. The fraction of sp³-hybridized carbons (Fsp3) is 0.100. The van der Waals surface area contributed by atoms with Crippen molar-refractivity contribution < 1.29 is 0 Å². The Bertz CT molecular complexity index is 456. The van der Waals surface area contributed by atoms with Crippen LogP contribution >= 0.6 is 39.0 Å². The lowest BCUT2D eigenvalue weighted by molar-refractivity contribution is 1.36. The maximum atomic E-state index is 5.56.